The van der Waals surface area contributed by atoms with E-state index in [1.165, 1.54) is 33.4 Å². The summed E-state index contributed by atoms with van der Waals surface area (Å²) in [5, 5.41) is 1.42. The molecule has 2 aliphatic rings. The normalized spacial score (nSPS) is 20.2. The molecule has 0 amide bonds. The second-order valence-corrected chi connectivity index (χ2v) is 6.57. The third-order valence-corrected chi connectivity index (χ3v) is 5.57. The maximum absolute atomic E-state index is 2.47. The summed E-state index contributed by atoms with van der Waals surface area (Å²) in [6.07, 6.45) is 0. The molecule has 0 bridgehead atoms. The van der Waals surface area contributed by atoms with Gasteiger partial charge in [-0.3, -0.25) is 0 Å². The Morgan fingerprint density at radius 2 is 1.26 bits per heavy atom. The Labute approximate surface area is 134 Å². The molecule has 2 atom stereocenters. The van der Waals surface area contributed by atoms with Gasteiger partial charge in [0, 0.05) is 28.6 Å². The highest BCUT2D eigenvalue weighted by atomic mass is 15.0. The van der Waals surface area contributed by atoms with Crippen LogP contribution in [0, 0.1) is 0 Å². The highest BCUT2D eigenvalue weighted by Gasteiger charge is 2.52. The summed E-state index contributed by atoms with van der Waals surface area (Å²) < 4.78 is 2.47. The molecular weight excluding hydrogens is 278 g/mol. The van der Waals surface area contributed by atoms with Crippen molar-refractivity contribution in [3.63, 3.8) is 0 Å². The second kappa shape index (κ2) is 3.94. The van der Waals surface area contributed by atoms with Crippen molar-refractivity contribution < 1.29 is 0 Å². The Morgan fingerprint density at radius 3 is 2.09 bits per heavy atom. The van der Waals surface area contributed by atoms with Crippen molar-refractivity contribution in [2.45, 2.75) is 11.8 Å². The number of nitrogens with zero attached hydrogens (tertiary/aromatic N) is 1. The quantitative estimate of drug-likeness (QED) is 0.453. The number of fused-ring (bicyclic) bond motifs is 9. The fourth-order valence-electron chi connectivity index (χ4n) is 4.64. The highest BCUT2D eigenvalue weighted by Crippen LogP contribution is 2.65. The number of para-hydroxylation sites is 2. The van der Waals surface area contributed by atoms with Gasteiger partial charge in [0.05, 0.1) is 5.52 Å². The molecule has 23 heavy (non-hydrogen) atoms. The Morgan fingerprint density at radius 1 is 0.609 bits per heavy atom. The second-order valence-electron chi connectivity index (χ2n) is 6.57. The molecule has 0 fully saturated rings. The molecule has 0 N–H and O–H groups in total. The lowest BCUT2D eigenvalue weighted by Gasteiger charge is -2.49. The van der Waals surface area contributed by atoms with E-state index >= 15 is 0 Å². The summed E-state index contributed by atoms with van der Waals surface area (Å²) in [6.45, 7) is 0. The van der Waals surface area contributed by atoms with Crippen LogP contribution < -0.4 is 0 Å². The number of hydrogen-bond donors (Lipinski definition) is 0. The van der Waals surface area contributed by atoms with Gasteiger partial charge in [-0.25, -0.2) is 0 Å². The largest absolute Gasteiger partial charge is 0.313 e. The smallest absolute Gasteiger partial charge is 0.0534 e. The monoisotopic (exact) mass is 293 g/mol. The molecule has 0 aliphatic heterocycles. The van der Waals surface area contributed by atoms with Crippen LogP contribution >= 0.6 is 0 Å². The fraction of sp³-hybridized carbons (Fsp3) is 0.0909. The summed E-state index contributed by atoms with van der Waals surface area (Å²) in [5.41, 5.74) is 8.71. The van der Waals surface area contributed by atoms with Crippen LogP contribution in [0.3, 0.4) is 0 Å². The fourth-order valence-corrected chi connectivity index (χ4v) is 4.64. The van der Waals surface area contributed by atoms with Gasteiger partial charge in [-0.2, -0.15) is 0 Å². The Hall–Kier alpha value is -2.80. The number of hydrogen-bond acceptors (Lipinski definition) is 0. The van der Waals surface area contributed by atoms with E-state index in [9.17, 15) is 0 Å². The van der Waals surface area contributed by atoms with Crippen LogP contribution in [0.15, 0.2) is 78.9 Å². The van der Waals surface area contributed by atoms with Gasteiger partial charge in [-0.1, -0.05) is 60.7 Å². The van der Waals surface area contributed by atoms with Gasteiger partial charge in [0.25, 0.3) is 0 Å². The number of rotatable bonds is 1. The molecule has 1 heteroatoms. The lowest BCUT2D eigenvalue weighted by atomic mass is 9.55. The van der Waals surface area contributed by atoms with Crippen molar-refractivity contribution in [1.82, 2.24) is 4.57 Å². The minimum absolute atomic E-state index is 0.578. The first-order valence-electron chi connectivity index (χ1n) is 8.22. The van der Waals surface area contributed by atoms with Crippen molar-refractivity contribution >= 4 is 10.9 Å². The van der Waals surface area contributed by atoms with Crippen LogP contribution in [-0.4, -0.2) is 4.57 Å². The summed E-state index contributed by atoms with van der Waals surface area (Å²) >= 11 is 0. The molecule has 0 saturated heterocycles. The molecule has 1 nitrogen and oxygen atoms in total. The highest BCUT2D eigenvalue weighted by molar-refractivity contribution is 5.93. The van der Waals surface area contributed by atoms with E-state index in [1.807, 2.05) is 0 Å². The molecule has 4 aromatic rings. The zero-order valence-electron chi connectivity index (χ0n) is 12.6. The summed E-state index contributed by atoms with van der Waals surface area (Å²) in [5.74, 6) is 1.19. The van der Waals surface area contributed by atoms with Gasteiger partial charge in [-0.15, -0.1) is 0 Å². The average molecular weight is 293 g/mol. The Bertz CT molecular complexity index is 1070. The minimum atomic E-state index is 0.578. The first-order valence-corrected chi connectivity index (χ1v) is 8.22. The third kappa shape index (κ3) is 1.26. The molecular formula is C22H15N. The van der Waals surface area contributed by atoms with Gasteiger partial charge in [0.2, 0.25) is 0 Å². The van der Waals surface area contributed by atoms with E-state index in [-0.39, 0.29) is 0 Å². The molecule has 2 unspecified atom stereocenters. The van der Waals surface area contributed by atoms with Gasteiger partial charge >= 0.3 is 0 Å². The predicted octanol–water partition coefficient (Wildman–Crippen LogP) is 5.22. The van der Waals surface area contributed by atoms with Crippen molar-refractivity contribution in [2.75, 3.05) is 0 Å². The Kier molecular flexibility index (Phi) is 2.01. The lowest BCUT2D eigenvalue weighted by molar-refractivity contribution is 0.511. The van der Waals surface area contributed by atoms with Crippen LogP contribution in [0.4, 0.5) is 0 Å². The molecule has 1 aromatic heterocycles. The van der Waals surface area contributed by atoms with Crippen LogP contribution in [-0.2, 0) is 0 Å². The average Bonchev–Trinajstić information content (AvgIpc) is 2.85. The van der Waals surface area contributed by atoms with E-state index in [0.717, 1.165) is 0 Å². The molecule has 6 rings (SSSR count). The van der Waals surface area contributed by atoms with E-state index in [2.05, 4.69) is 83.4 Å². The maximum Gasteiger partial charge on any atom is 0.0534 e. The van der Waals surface area contributed by atoms with Crippen LogP contribution in [0.5, 0.6) is 0 Å². The summed E-state index contributed by atoms with van der Waals surface area (Å²) in [7, 11) is 0. The van der Waals surface area contributed by atoms with Gasteiger partial charge < -0.3 is 4.57 Å². The SMILES string of the molecule is c1ccc(-n2c3c(c4ccccc42)C2c4ccccc4C32)cc1. The molecule has 2 aliphatic carbocycles. The van der Waals surface area contributed by atoms with Gasteiger partial charge in [-0.05, 0) is 34.9 Å². The first-order chi connectivity index (χ1) is 11.4. The topological polar surface area (TPSA) is 4.93 Å². The maximum atomic E-state index is 2.47. The molecule has 3 aromatic carbocycles. The van der Waals surface area contributed by atoms with E-state index < -0.39 is 0 Å². The standard InChI is InChI=1S/C22H15N/c1-2-8-14(9-3-1)23-18-13-7-6-12-17(18)21-19-15-10-4-5-11-16(15)20(19)22(21)23/h1-13,19-20H. The predicted molar refractivity (Wildman–Crippen MR) is 93.4 cm³/mol. The zero-order valence-corrected chi connectivity index (χ0v) is 12.6. The zero-order chi connectivity index (χ0) is 15.0. The molecule has 0 radical (unpaired) electrons. The van der Waals surface area contributed by atoms with Crippen molar-refractivity contribution in [2.24, 2.45) is 0 Å². The number of aromatic nitrogens is 1. The summed E-state index contributed by atoms with van der Waals surface area (Å²) in [4.78, 5) is 0. The molecule has 108 valence electrons. The van der Waals surface area contributed by atoms with Crippen molar-refractivity contribution in [3.05, 3.63) is 101 Å². The van der Waals surface area contributed by atoms with Crippen molar-refractivity contribution in [3.8, 4) is 5.69 Å². The molecule has 1 heterocycles. The Balaban J connectivity index is 1.71. The van der Waals surface area contributed by atoms with Gasteiger partial charge in [0.1, 0.15) is 0 Å². The van der Waals surface area contributed by atoms with Crippen molar-refractivity contribution in [1.29, 1.82) is 0 Å². The summed E-state index contributed by atoms with van der Waals surface area (Å²) in [6, 6.07) is 28.6. The van der Waals surface area contributed by atoms with Gasteiger partial charge in [0.15, 0.2) is 0 Å². The third-order valence-electron chi connectivity index (χ3n) is 5.57. The van der Waals surface area contributed by atoms with E-state index in [0.29, 0.717) is 11.8 Å². The molecule has 0 saturated carbocycles. The molecule has 0 spiro atoms. The van der Waals surface area contributed by atoms with Crippen LogP contribution in [0.1, 0.15) is 34.2 Å². The first kappa shape index (κ1) is 11.7. The number of benzene rings is 3. The van der Waals surface area contributed by atoms with E-state index in [1.54, 1.807) is 5.56 Å². The van der Waals surface area contributed by atoms with E-state index in [4.69, 9.17) is 0 Å². The van der Waals surface area contributed by atoms with Crippen LogP contribution in [0.2, 0.25) is 0 Å². The minimum Gasteiger partial charge on any atom is -0.313 e. The lowest BCUT2D eigenvalue weighted by Crippen LogP contribution is -2.36. The van der Waals surface area contributed by atoms with Crippen LogP contribution in [0.25, 0.3) is 16.6 Å².